The van der Waals surface area contributed by atoms with Crippen LogP contribution in [0.15, 0.2) is 59.7 Å². The van der Waals surface area contributed by atoms with E-state index in [4.69, 9.17) is 0 Å². The molecule has 0 atom stereocenters. The van der Waals surface area contributed by atoms with Crippen LogP contribution in [-0.4, -0.2) is 40.6 Å². The molecule has 4 rings (SSSR count). The molecular formula is C22H22N4O2S. The normalized spacial score (nSPS) is 13.6. The molecule has 0 saturated carbocycles. The van der Waals surface area contributed by atoms with Gasteiger partial charge >= 0.3 is 0 Å². The van der Waals surface area contributed by atoms with Crippen LogP contribution in [0.2, 0.25) is 0 Å². The minimum Gasteiger partial charge on any atom is -0.288 e. The summed E-state index contributed by atoms with van der Waals surface area (Å²) in [5.41, 5.74) is 2.83. The fourth-order valence-corrected chi connectivity index (χ4v) is 4.39. The van der Waals surface area contributed by atoms with Crippen molar-refractivity contribution >= 4 is 44.2 Å². The number of hydrogen-bond donors (Lipinski definition) is 0. The highest BCUT2D eigenvalue weighted by Gasteiger charge is 2.24. The Bertz CT molecular complexity index is 1030. The second-order valence-corrected chi connectivity index (χ2v) is 7.79. The van der Waals surface area contributed by atoms with Gasteiger partial charge in [-0.2, -0.15) is 5.10 Å². The summed E-state index contributed by atoms with van der Waals surface area (Å²) in [6.07, 6.45) is 1.03. The number of para-hydroxylation sites is 1. The Labute approximate surface area is 173 Å². The van der Waals surface area contributed by atoms with Gasteiger partial charge in [-0.15, -0.1) is 0 Å². The third-order valence-electron chi connectivity index (χ3n) is 4.88. The lowest BCUT2D eigenvalue weighted by Gasteiger charge is -2.18. The fraction of sp³-hybridized carbons (Fsp3) is 0.273. The van der Waals surface area contributed by atoms with Crippen LogP contribution >= 0.6 is 11.3 Å². The number of benzene rings is 2. The van der Waals surface area contributed by atoms with Gasteiger partial charge < -0.3 is 0 Å². The van der Waals surface area contributed by atoms with Crippen molar-refractivity contribution < 1.29 is 9.59 Å². The lowest BCUT2D eigenvalue weighted by atomic mass is 10.1. The SMILES string of the molecule is CCN(C(=O)CCC(=O)N1CCC(c2ccccc2)=N1)c1nc2ccccc2s1. The molecule has 2 heterocycles. The lowest BCUT2D eigenvalue weighted by molar-refractivity contribution is -0.132. The molecule has 148 valence electrons. The minimum atomic E-state index is -0.121. The van der Waals surface area contributed by atoms with Crippen LogP contribution in [-0.2, 0) is 9.59 Å². The molecule has 0 N–H and O–H groups in total. The third kappa shape index (κ3) is 4.19. The summed E-state index contributed by atoms with van der Waals surface area (Å²) < 4.78 is 1.05. The smallest absolute Gasteiger partial charge is 0.243 e. The molecule has 1 aliphatic heterocycles. The molecule has 0 saturated heterocycles. The van der Waals surface area contributed by atoms with Gasteiger partial charge in [0.2, 0.25) is 11.8 Å². The molecule has 29 heavy (non-hydrogen) atoms. The number of rotatable bonds is 6. The summed E-state index contributed by atoms with van der Waals surface area (Å²) in [6, 6.07) is 17.7. The van der Waals surface area contributed by atoms with E-state index in [1.807, 2.05) is 61.5 Å². The zero-order valence-corrected chi connectivity index (χ0v) is 17.1. The zero-order chi connectivity index (χ0) is 20.2. The number of aromatic nitrogens is 1. The van der Waals surface area contributed by atoms with E-state index >= 15 is 0 Å². The predicted octanol–water partition coefficient (Wildman–Crippen LogP) is 4.07. The molecule has 0 bridgehead atoms. The number of hydrazone groups is 1. The van der Waals surface area contributed by atoms with Crippen molar-refractivity contribution in [2.75, 3.05) is 18.0 Å². The summed E-state index contributed by atoms with van der Waals surface area (Å²) >= 11 is 1.49. The number of nitrogens with zero attached hydrogens (tertiary/aromatic N) is 4. The highest BCUT2D eigenvalue weighted by molar-refractivity contribution is 7.22. The summed E-state index contributed by atoms with van der Waals surface area (Å²) in [6.45, 7) is 3.00. The number of anilines is 1. The first kappa shape index (κ1) is 19.3. The van der Waals surface area contributed by atoms with Crippen molar-refractivity contribution in [1.82, 2.24) is 9.99 Å². The van der Waals surface area contributed by atoms with Crippen LogP contribution in [0.4, 0.5) is 5.13 Å². The molecule has 0 spiro atoms. The van der Waals surface area contributed by atoms with Gasteiger partial charge in [0, 0.05) is 25.8 Å². The van der Waals surface area contributed by atoms with Crippen molar-refractivity contribution in [1.29, 1.82) is 0 Å². The highest BCUT2D eigenvalue weighted by Crippen LogP contribution is 2.29. The molecule has 0 unspecified atom stereocenters. The van der Waals surface area contributed by atoms with Crippen molar-refractivity contribution in [3.8, 4) is 0 Å². The summed E-state index contributed by atoms with van der Waals surface area (Å²) in [5, 5.41) is 6.62. The van der Waals surface area contributed by atoms with Gasteiger partial charge in [0.1, 0.15) is 0 Å². The Kier molecular flexibility index (Phi) is 5.67. The van der Waals surface area contributed by atoms with E-state index in [1.54, 1.807) is 4.90 Å². The number of carbonyl (C=O) groups excluding carboxylic acids is 2. The summed E-state index contributed by atoms with van der Waals surface area (Å²) in [7, 11) is 0. The molecule has 7 heteroatoms. The molecule has 0 radical (unpaired) electrons. The van der Waals surface area contributed by atoms with Gasteiger partial charge in [-0.25, -0.2) is 9.99 Å². The van der Waals surface area contributed by atoms with Crippen LogP contribution in [0.3, 0.4) is 0 Å². The largest absolute Gasteiger partial charge is 0.288 e. The first-order valence-electron chi connectivity index (χ1n) is 9.75. The van der Waals surface area contributed by atoms with Crippen LogP contribution in [0, 0.1) is 0 Å². The minimum absolute atomic E-state index is 0.0913. The van der Waals surface area contributed by atoms with E-state index in [2.05, 4.69) is 10.1 Å². The van der Waals surface area contributed by atoms with Crippen molar-refractivity contribution in [3.63, 3.8) is 0 Å². The van der Waals surface area contributed by atoms with Crippen LogP contribution in [0.1, 0.15) is 31.7 Å². The zero-order valence-electron chi connectivity index (χ0n) is 16.2. The van der Waals surface area contributed by atoms with E-state index in [1.165, 1.54) is 16.3 Å². The standard InChI is InChI=1S/C22H22N4O2S/c1-2-25(22-23-18-10-6-7-11-19(18)29-22)20(27)12-13-21(28)26-15-14-17(24-26)16-8-4-3-5-9-16/h3-11H,2,12-15H2,1H3. The lowest BCUT2D eigenvalue weighted by Crippen LogP contribution is -2.32. The van der Waals surface area contributed by atoms with Gasteiger partial charge in [-0.1, -0.05) is 53.8 Å². The second-order valence-electron chi connectivity index (χ2n) is 6.78. The van der Waals surface area contributed by atoms with Gasteiger partial charge in [0.25, 0.3) is 0 Å². The van der Waals surface area contributed by atoms with E-state index in [9.17, 15) is 9.59 Å². The predicted molar refractivity (Wildman–Crippen MR) is 116 cm³/mol. The summed E-state index contributed by atoms with van der Waals surface area (Å²) in [4.78, 5) is 31.5. The third-order valence-corrected chi connectivity index (χ3v) is 5.94. The quantitative estimate of drug-likeness (QED) is 0.620. The summed E-state index contributed by atoms with van der Waals surface area (Å²) in [5.74, 6) is -0.212. The molecule has 6 nitrogen and oxygen atoms in total. The van der Waals surface area contributed by atoms with Gasteiger partial charge in [0.15, 0.2) is 5.13 Å². The number of fused-ring (bicyclic) bond motifs is 1. The molecular weight excluding hydrogens is 384 g/mol. The van der Waals surface area contributed by atoms with Crippen LogP contribution < -0.4 is 4.90 Å². The first-order valence-corrected chi connectivity index (χ1v) is 10.6. The van der Waals surface area contributed by atoms with Gasteiger partial charge in [-0.3, -0.25) is 14.5 Å². The Morgan fingerprint density at radius 1 is 1.07 bits per heavy atom. The topological polar surface area (TPSA) is 65.9 Å². The molecule has 0 aliphatic carbocycles. The van der Waals surface area contributed by atoms with Crippen molar-refractivity contribution in [2.45, 2.75) is 26.2 Å². The van der Waals surface area contributed by atoms with Crippen molar-refractivity contribution in [3.05, 3.63) is 60.2 Å². The monoisotopic (exact) mass is 406 g/mol. The van der Waals surface area contributed by atoms with Crippen LogP contribution in [0.5, 0.6) is 0 Å². The Hall–Kier alpha value is -3.06. The Morgan fingerprint density at radius 2 is 1.83 bits per heavy atom. The van der Waals surface area contributed by atoms with E-state index < -0.39 is 0 Å². The molecule has 1 aromatic heterocycles. The van der Waals surface area contributed by atoms with Crippen LogP contribution in [0.25, 0.3) is 10.2 Å². The maximum absolute atomic E-state index is 12.7. The average Bonchev–Trinajstić information content (AvgIpc) is 3.40. The molecule has 2 amide bonds. The average molecular weight is 407 g/mol. The van der Waals surface area contributed by atoms with E-state index in [-0.39, 0.29) is 24.7 Å². The first-order chi connectivity index (χ1) is 14.2. The maximum Gasteiger partial charge on any atom is 0.243 e. The highest BCUT2D eigenvalue weighted by atomic mass is 32.1. The Balaban J connectivity index is 1.38. The van der Waals surface area contributed by atoms with Gasteiger partial charge in [0.05, 0.1) is 22.5 Å². The second kappa shape index (κ2) is 8.53. The van der Waals surface area contributed by atoms with E-state index in [0.717, 1.165) is 27.9 Å². The molecule has 2 aromatic carbocycles. The maximum atomic E-state index is 12.7. The fourth-order valence-electron chi connectivity index (χ4n) is 3.34. The number of thiazole rings is 1. The molecule has 1 aliphatic rings. The number of carbonyl (C=O) groups is 2. The molecule has 0 fully saturated rings. The van der Waals surface area contributed by atoms with Crippen molar-refractivity contribution in [2.24, 2.45) is 5.10 Å². The van der Waals surface area contributed by atoms with E-state index in [0.29, 0.717) is 18.2 Å². The number of amides is 2. The number of hydrogen-bond acceptors (Lipinski definition) is 5. The molecule has 3 aromatic rings. The Morgan fingerprint density at radius 3 is 2.59 bits per heavy atom. The van der Waals surface area contributed by atoms with Gasteiger partial charge in [-0.05, 0) is 24.6 Å².